The molecule has 0 saturated carbocycles. The van der Waals surface area contributed by atoms with Crippen molar-refractivity contribution in [2.24, 2.45) is 0 Å². The van der Waals surface area contributed by atoms with Crippen molar-refractivity contribution in [2.75, 3.05) is 0 Å². The van der Waals surface area contributed by atoms with Crippen LogP contribution in [0.15, 0.2) is 146 Å². The second-order valence-corrected chi connectivity index (χ2v) is 11.6. The van der Waals surface area contributed by atoms with Gasteiger partial charge in [-0.15, -0.1) is 0 Å². The maximum absolute atomic E-state index is 4.58. The number of fused-ring (bicyclic) bond motifs is 3. The van der Waals surface area contributed by atoms with Crippen LogP contribution in [0.4, 0.5) is 0 Å². The molecule has 6 aromatic carbocycles. The predicted octanol–water partition coefficient (Wildman–Crippen LogP) is 11.4. The van der Waals surface area contributed by atoms with Crippen LogP contribution < -0.4 is 0 Å². The molecule has 43 heavy (non-hydrogen) atoms. The Hall–Kier alpha value is -5.27. The maximum Gasteiger partial charge on any atom is 0.0698 e. The van der Waals surface area contributed by atoms with Gasteiger partial charge in [0.15, 0.2) is 0 Å². The van der Waals surface area contributed by atoms with E-state index in [1.54, 1.807) is 0 Å². The van der Waals surface area contributed by atoms with Gasteiger partial charge in [-0.2, -0.15) is 0 Å². The molecule has 0 aliphatic heterocycles. The quantitative estimate of drug-likeness (QED) is 0.199. The SMILES string of the molecule is Cc1ccc2cc(-c3c4ccccc4c(-c4ccc(C5=CC(c6ccccn6)=CCC5)cc4)c4ccccc34)ccc2c1. The molecule has 0 saturated heterocycles. The van der Waals surface area contributed by atoms with E-state index in [1.165, 1.54) is 76.8 Å². The average Bonchev–Trinajstić information content (AvgIpc) is 3.07. The van der Waals surface area contributed by atoms with Crippen LogP contribution in [0, 0.1) is 6.92 Å². The van der Waals surface area contributed by atoms with Crippen molar-refractivity contribution >= 4 is 43.5 Å². The van der Waals surface area contributed by atoms with Crippen LogP contribution in [-0.2, 0) is 0 Å². The van der Waals surface area contributed by atoms with Crippen LogP contribution in [-0.4, -0.2) is 4.98 Å². The van der Waals surface area contributed by atoms with Gasteiger partial charge in [0.25, 0.3) is 0 Å². The lowest BCUT2D eigenvalue weighted by atomic mass is 9.85. The summed E-state index contributed by atoms with van der Waals surface area (Å²) in [7, 11) is 0. The van der Waals surface area contributed by atoms with Gasteiger partial charge in [0.2, 0.25) is 0 Å². The van der Waals surface area contributed by atoms with Crippen LogP contribution in [0.5, 0.6) is 0 Å². The minimum Gasteiger partial charge on any atom is -0.256 e. The Balaban J connectivity index is 1.27. The van der Waals surface area contributed by atoms with Crippen molar-refractivity contribution in [3.63, 3.8) is 0 Å². The Labute approximate surface area is 252 Å². The van der Waals surface area contributed by atoms with E-state index < -0.39 is 0 Å². The standard InChI is InChI=1S/C42H31N/c1-28-16-17-33-27-35(23-22-32(33)25-28)42-38-13-4-2-11-36(38)41(37-12-3-5-14-39(37)42)30-20-18-29(19-21-30)31-9-8-10-34(26-31)40-15-6-7-24-43-40/h2-7,10-27H,8-9H2,1H3. The highest BCUT2D eigenvalue weighted by Crippen LogP contribution is 2.44. The number of allylic oxidation sites excluding steroid dienone is 4. The summed E-state index contributed by atoms with van der Waals surface area (Å²) in [6.45, 7) is 2.15. The Morgan fingerprint density at radius 2 is 1.12 bits per heavy atom. The molecule has 0 amide bonds. The molecule has 1 aliphatic carbocycles. The first kappa shape index (κ1) is 25.4. The number of hydrogen-bond donors (Lipinski definition) is 0. The van der Waals surface area contributed by atoms with Gasteiger partial charge in [-0.1, -0.05) is 121 Å². The number of aryl methyl sites for hydroxylation is 1. The van der Waals surface area contributed by atoms with E-state index in [-0.39, 0.29) is 0 Å². The fourth-order valence-corrected chi connectivity index (χ4v) is 6.76. The first-order valence-electron chi connectivity index (χ1n) is 15.1. The van der Waals surface area contributed by atoms with Crippen molar-refractivity contribution in [3.8, 4) is 22.3 Å². The zero-order valence-electron chi connectivity index (χ0n) is 24.2. The number of nitrogens with zero attached hydrogens (tertiary/aromatic N) is 1. The number of benzene rings is 6. The molecule has 8 rings (SSSR count). The molecule has 204 valence electrons. The highest BCUT2D eigenvalue weighted by molar-refractivity contribution is 6.21. The number of aromatic nitrogens is 1. The van der Waals surface area contributed by atoms with Gasteiger partial charge in [0, 0.05) is 6.20 Å². The van der Waals surface area contributed by atoms with Crippen LogP contribution in [0.2, 0.25) is 0 Å². The van der Waals surface area contributed by atoms with Gasteiger partial charge in [-0.25, -0.2) is 0 Å². The normalized spacial score (nSPS) is 13.3. The third-order valence-electron chi connectivity index (χ3n) is 8.83. The third-order valence-corrected chi connectivity index (χ3v) is 8.83. The van der Waals surface area contributed by atoms with Gasteiger partial charge in [-0.3, -0.25) is 4.98 Å². The van der Waals surface area contributed by atoms with E-state index in [0.29, 0.717) is 0 Å². The van der Waals surface area contributed by atoms with Crippen molar-refractivity contribution in [3.05, 3.63) is 163 Å². The molecule has 1 aromatic heterocycles. The molecule has 0 atom stereocenters. The van der Waals surface area contributed by atoms with Gasteiger partial charge in [-0.05, 0) is 115 Å². The van der Waals surface area contributed by atoms with Gasteiger partial charge in [0.05, 0.1) is 5.69 Å². The fourth-order valence-electron chi connectivity index (χ4n) is 6.76. The largest absolute Gasteiger partial charge is 0.256 e. The second-order valence-electron chi connectivity index (χ2n) is 11.6. The summed E-state index contributed by atoms with van der Waals surface area (Å²) in [5.41, 5.74) is 11.3. The smallest absolute Gasteiger partial charge is 0.0698 e. The summed E-state index contributed by atoms with van der Waals surface area (Å²) in [5, 5.41) is 7.69. The van der Waals surface area contributed by atoms with Crippen molar-refractivity contribution in [1.29, 1.82) is 0 Å². The van der Waals surface area contributed by atoms with Crippen LogP contribution in [0.1, 0.15) is 29.7 Å². The number of rotatable bonds is 4. The summed E-state index contributed by atoms with van der Waals surface area (Å²) in [4.78, 5) is 4.58. The molecule has 0 N–H and O–H groups in total. The van der Waals surface area contributed by atoms with Gasteiger partial charge >= 0.3 is 0 Å². The van der Waals surface area contributed by atoms with E-state index in [9.17, 15) is 0 Å². The highest BCUT2D eigenvalue weighted by atomic mass is 14.7. The summed E-state index contributed by atoms with van der Waals surface area (Å²) >= 11 is 0. The summed E-state index contributed by atoms with van der Waals surface area (Å²) in [6.07, 6.45) is 8.56. The zero-order chi connectivity index (χ0) is 28.8. The predicted molar refractivity (Wildman–Crippen MR) is 184 cm³/mol. The molecule has 0 unspecified atom stereocenters. The van der Waals surface area contributed by atoms with Gasteiger partial charge in [0.1, 0.15) is 0 Å². The molecule has 7 aromatic rings. The molecule has 0 fully saturated rings. The first-order chi connectivity index (χ1) is 21.2. The Morgan fingerprint density at radius 1 is 0.535 bits per heavy atom. The fraction of sp³-hybridized carbons (Fsp3) is 0.0714. The van der Waals surface area contributed by atoms with E-state index in [0.717, 1.165) is 18.5 Å². The average molecular weight is 550 g/mol. The molecule has 0 bridgehead atoms. The molecular weight excluding hydrogens is 518 g/mol. The summed E-state index contributed by atoms with van der Waals surface area (Å²) < 4.78 is 0. The lowest BCUT2D eigenvalue weighted by Gasteiger charge is -2.19. The molecule has 1 heteroatoms. The van der Waals surface area contributed by atoms with Crippen LogP contribution in [0.25, 0.3) is 65.7 Å². The molecule has 0 spiro atoms. The molecule has 1 heterocycles. The Morgan fingerprint density at radius 3 is 1.79 bits per heavy atom. The van der Waals surface area contributed by atoms with E-state index in [4.69, 9.17) is 0 Å². The lowest BCUT2D eigenvalue weighted by molar-refractivity contribution is 1.05. The summed E-state index contributed by atoms with van der Waals surface area (Å²) in [6, 6.07) is 46.7. The number of hydrogen-bond acceptors (Lipinski definition) is 1. The van der Waals surface area contributed by atoms with E-state index in [2.05, 4.69) is 145 Å². The minimum absolute atomic E-state index is 1.03. The van der Waals surface area contributed by atoms with Crippen molar-refractivity contribution in [1.82, 2.24) is 4.98 Å². The second kappa shape index (κ2) is 10.5. The third kappa shape index (κ3) is 4.54. The van der Waals surface area contributed by atoms with E-state index in [1.807, 2.05) is 12.3 Å². The van der Waals surface area contributed by atoms with Crippen LogP contribution >= 0.6 is 0 Å². The molecule has 0 radical (unpaired) electrons. The number of pyridine rings is 1. The molecule has 1 aliphatic rings. The Kier molecular flexibility index (Phi) is 6.23. The van der Waals surface area contributed by atoms with Crippen molar-refractivity contribution < 1.29 is 0 Å². The topological polar surface area (TPSA) is 12.9 Å². The molecular formula is C42H31N. The monoisotopic (exact) mass is 549 g/mol. The first-order valence-corrected chi connectivity index (χ1v) is 15.1. The van der Waals surface area contributed by atoms with E-state index >= 15 is 0 Å². The van der Waals surface area contributed by atoms with Crippen molar-refractivity contribution in [2.45, 2.75) is 19.8 Å². The maximum atomic E-state index is 4.58. The lowest BCUT2D eigenvalue weighted by Crippen LogP contribution is -1.95. The highest BCUT2D eigenvalue weighted by Gasteiger charge is 2.17. The minimum atomic E-state index is 1.03. The zero-order valence-corrected chi connectivity index (χ0v) is 24.2. The van der Waals surface area contributed by atoms with Gasteiger partial charge < -0.3 is 0 Å². The molecule has 1 nitrogen and oxygen atoms in total. The van der Waals surface area contributed by atoms with Crippen LogP contribution in [0.3, 0.4) is 0 Å². The Bertz CT molecular complexity index is 2160. The summed E-state index contributed by atoms with van der Waals surface area (Å²) in [5.74, 6) is 0.